The largest absolute Gasteiger partial charge is 0.497 e. The van der Waals surface area contributed by atoms with E-state index in [0.29, 0.717) is 5.02 Å². The molecule has 164 valence electrons. The molecule has 0 atom stereocenters. The van der Waals surface area contributed by atoms with Crippen LogP contribution in [0.1, 0.15) is 30.3 Å². The number of methoxy groups -OCH3 is 1. The van der Waals surface area contributed by atoms with Crippen LogP contribution in [0.5, 0.6) is 5.75 Å². The number of anilines is 1. The van der Waals surface area contributed by atoms with Crippen molar-refractivity contribution >= 4 is 35.0 Å². The lowest BCUT2D eigenvalue weighted by molar-refractivity contribution is -0.113. The van der Waals surface area contributed by atoms with Gasteiger partial charge in [0.25, 0.3) is 0 Å². The summed E-state index contributed by atoms with van der Waals surface area (Å²) in [5.74, 6) is 1.98. The van der Waals surface area contributed by atoms with E-state index in [1.165, 1.54) is 17.3 Å². The molecule has 1 N–H and O–H groups in total. The molecule has 0 bridgehead atoms. The second-order valence-corrected chi connectivity index (χ2v) is 8.44. The van der Waals surface area contributed by atoms with E-state index in [9.17, 15) is 4.79 Å². The number of hydrogen-bond acceptors (Lipinski definition) is 5. The van der Waals surface area contributed by atoms with Gasteiger partial charge in [0.15, 0.2) is 5.16 Å². The first-order valence-corrected chi connectivity index (χ1v) is 11.6. The van der Waals surface area contributed by atoms with Gasteiger partial charge in [-0.25, -0.2) is 0 Å². The number of nitrogens with one attached hydrogen (secondary N) is 1. The predicted octanol–water partition coefficient (Wildman–Crippen LogP) is 5.17. The molecule has 31 heavy (non-hydrogen) atoms. The molecular weight excluding hydrogens is 432 g/mol. The smallest absolute Gasteiger partial charge is 0.234 e. The summed E-state index contributed by atoms with van der Waals surface area (Å²) < 4.78 is 7.28. The lowest BCUT2D eigenvalue weighted by atomic mass is 10.1. The Balaban J connectivity index is 1.53. The fourth-order valence-electron chi connectivity index (χ4n) is 3.23. The van der Waals surface area contributed by atoms with Crippen LogP contribution in [0, 0.1) is 6.92 Å². The highest BCUT2D eigenvalue weighted by Gasteiger charge is 2.14. The molecule has 0 fully saturated rings. The van der Waals surface area contributed by atoms with Crippen LogP contribution in [-0.4, -0.2) is 33.5 Å². The molecule has 6 nitrogen and oxygen atoms in total. The molecular formula is C23H27ClN4O2S. The molecule has 3 rings (SSSR count). The van der Waals surface area contributed by atoms with Gasteiger partial charge in [0.05, 0.1) is 12.9 Å². The molecule has 3 aromatic rings. The van der Waals surface area contributed by atoms with Crippen molar-refractivity contribution in [2.45, 2.75) is 44.8 Å². The number of rotatable bonds is 10. The summed E-state index contributed by atoms with van der Waals surface area (Å²) >= 11 is 7.52. The molecule has 0 radical (unpaired) electrons. The average molecular weight is 459 g/mol. The number of benzene rings is 2. The van der Waals surface area contributed by atoms with E-state index in [-0.39, 0.29) is 11.7 Å². The zero-order chi connectivity index (χ0) is 22.2. The summed E-state index contributed by atoms with van der Waals surface area (Å²) in [7, 11) is 1.67. The molecule has 0 saturated heterocycles. The number of aryl methyl sites for hydroxylation is 2. The molecule has 0 aliphatic heterocycles. The van der Waals surface area contributed by atoms with Gasteiger partial charge < -0.3 is 14.6 Å². The number of halogens is 1. The molecule has 0 spiro atoms. The second-order valence-electron chi connectivity index (χ2n) is 7.09. The van der Waals surface area contributed by atoms with Crippen molar-refractivity contribution in [2.75, 3.05) is 18.2 Å². The van der Waals surface area contributed by atoms with E-state index in [4.69, 9.17) is 16.3 Å². The number of carbonyl (C=O) groups is 1. The molecule has 0 unspecified atom stereocenters. The molecule has 0 aliphatic rings. The Labute approximate surface area is 192 Å². The molecule has 8 heteroatoms. The summed E-state index contributed by atoms with van der Waals surface area (Å²) in [6.45, 7) is 4.72. The van der Waals surface area contributed by atoms with Gasteiger partial charge in [0, 0.05) is 23.7 Å². The number of thioether (sulfide) groups is 1. The zero-order valence-electron chi connectivity index (χ0n) is 18.0. The van der Waals surface area contributed by atoms with Crippen LogP contribution in [0.2, 0.25) is 5.02 Å². The Morgan fingerprint density at radius 2 is 1.94 bits per heavy atom. The number of aromatic nitrogens is 3. The Hall–Kier alpha value is -2.51. The first kappa shape index (κ1) is 23.2. The van der Waals surface area contributed by atoms with Gasteiger partial charge in [0.2, 0.25) is 5.91 Å². The fraction of sp³-hybridized carbons (Fsp3) is 0.348. The van der Waals surface area contributed by atoms with Crippen molar-refractivity contribution in [3.63, 3.8) is 0 Å². The van der Waals surface area contributed by atoms with Crippen LogP contribution in [0.25, 0.3) is 0 Å². The number of ether oxygens (including phenoxy) is 1. The highest BCUT2D eigenvalue weighted by Crippen LogP contribution is 2.24. The van der Waals surface area contributed by atoms with E-state index in [1.54, 1.807) is 13.2 Å². The molecule has 1 aromatic heterocycles. The van der Waals surface area contributed by atoms with Crippen molar-refractivity contribution in [3.8, 4) is 5.75 Å². The van der Waals surface area contributed by atoms with Crippen molar-refractivity contribution in [3.05, 3.63) is 64.4 Å². The van der Waals surface area contributed by atoms with Crippen molar-refractivity contribution in [1.82, 2.24) is 14.8 Å². The minimum atomic E-state index is -0.0953. The van der Waals surface area contributed by atoms with Gasteiger partial charge in [-0.2, -0.15) is 0 Å². The van der Waals surface area contributed by atoms with Crippen LogP contribution < -0.4 is 10.1 Å². The lowest BCUT2D eigenvalue weighted by Gasteiger charge is -2.10. The third kappa shape index (κ3) is 6.24. The molecule has 2 aromatic carbocycles. The monoisotopic (exact) mass is 458 g/mol. The van der Waals surface area contributed by atoms with E-state index in [0.717, 1.165) is 53.8 Å². The maximum Gasteiger partial charge on any atom is 0.234 e. The third-order valence-electron chi connectivity index (χ3n) is 5.01. The summed E-state index contributed by atoms with van der Waals surface area (Å²) in [6.07, 6.45) is 2.77. The van der Waals surface area contributed by atoms with Crippen molar-refractivity contribution in [2.24, 2.45) is 0 Å². The summed E-state index contributed by atoms with van der Waals surface area (Å²) in [4.78, 5) is 12.4. The predicted molar refractivity (Wildman–Crippen MR) is 126 cm³/mol. The maximum absolute atomic E-state index is 12.4. The Bertz CT molecular complexity index is 1020. The summed E-state index contributed by atoms with van der Waals surface area (Å²) in [5.41, 5.74) is 2.86. The van der Waals surface area contributed by atoms with Crippen molar-refractivity contribution < 1.29 is 9.53 Å². The third-order valence-corrected chi connectivity index (χ3v) is 6.38. The van der Waals surface area contributed by atoms with Gasteiger partial charge in [0.1, 0.15) is 11.6 Å². The molecule has 1 heterocycles. The van der Waals surface area contributed by atoms with Gasteiger partial charge in [-0.3, -0.25) is 4.79 Å². The SMILES string of the molecule is CCn1c(CCCc2ccc(OC)cc2)nnc1SCC(=O)Nc1cccc(Cl)c1C. The molecule has 1 amide bonds. The number of carbonyl (C=O) groups excluding carboxylic acids is 1. The van der Waals surface area contributed by atoms with E-state index in [2.05, 4.69) is 39.1 Å². The number of amides is 1. The first-order valence-electron chi connectivity index (χ1n) is 10.2. The van der Waals surface area contributed by atoms with E-state index >= 15 is 0 Å². The van der Waals surface area contributed by atoms with Gasteiger partial charge in [-0.15, -0.1) is 10.2 Å². The van der Waals surface area contributed by atoms with Crippen LogP contribution >= 0.6 is 23.4 Å². The number of nitrogens with zero attached hydrogens (tertiary/aromatic N) is 3. The Morgan fingerprint density at radius 3 is 2.65 bits per heavy atom. The Morgan fingerprint density at radius 1 is 1.16 bits per heavy atom. The highest BCUT2D eigenvalue weighted by molar-refractivity contribution is 7.99. The quantitative estimate of drug-likeness (QED) is 0.424. The van der Waals surface area contributed by atoms with Crippen LogP contribution in [-0.2, 0) is 24.2 Å². The summed E-state index contributed by atoms with van der Waals surface area (Å²) in [5, 5.41) is 13.0. The zero-order valence-corrected chi connectivity index (χ0v) is 19.6. The van der Waals surface area contributed by atoms with Gasteiger partial charge >= 0.3 is 0 Å². The minimum absolute atomic E-state index is 0.0953. The molecule has 0 aliphatic carbocycles. The van der Waals surface area contributed by atoms with Crippen LogP contribution in [0.4, 0.5) is 5.69 Å². The standard InChI is InChI=1S/C23H27ClN4O2S/c1-4-28-21(10-5-7-17-11-13-18(30-3)14-12-17)26-27-23(28)31-15-22(29)25-20-9-6-8-19(24)16(20)2/h6,8-9,11-14H,4-5,7,10,15H2,1-3H3,(H,25,29). The van der Waals surface area contributed by atoms with E-state index < -0.39 is 0 Å². The van der Waals surface area contributed by atoms with E-state index in [1.807, 2.05) is 31.2 Å². The normalized spacial score (nSPS) is 10.8. The number of hydrogen-bond donors (Lipinski definition) is 1. The highest BCUT2D eigenvalue weighted by atomic mass is 35.5. The maximum atomic E-state index is 12.4. The molecule has 0 saturated carbocycles. The topological polar surface area (TPSA) is 69.0 Å². The first-order chi connectivity index (χ1) is 15.0. The second kappa shape index (κ2) is 11.2. The Kier molecular flexibility index (Phi) is 8.37. The van der Waals surface area contributed by atoms with Crippen LogP contribution in [0.15, 0.2) is 47.6 Å². The average Bonchev–Trinajstić information content (AvgIpc) is 3.17. The van der Waals surface area contributed by atoms with Gasteiger partial charge in [-0.05, 0) is 62.1 Å². The fourth-order valence-corrected chi connectivity index (χ4v) is 4.23. The van der Waals surface area contributed by atoms with Crippen molar-refractivity contribution in [1.29, 1.82) is 0 Å². The minimum Gasteiger partial charge on any atom is -0.497 e. The van der Waals surface area contributed by atoms with Crippen LogP contribution in [0.3, 0.4) is 0 Å². The van der Waals surface area contributed by atoms with Gasteiger partial charge in [-0.1, -0.05) is 41.6 Å². The summed E-state index contributed by atoms with van der Waals surface area (Å²) in [6, 6.07) is 13.6. The lowest BCUT2D eigenvalue weighted by Crippen LogP contribution is -2.15.